The fourth-order valence-electron chi connectivity index (χ4n) is 1.57. The molecule has 0 radical (unpaired) electrons. The number of H-pyrrole nitrogens is 1. The number of aromatic nitrogens is 3. The van der Waals surface area contributed by atoms with Gasteiger partial charge in [-0.3, -0.25) is 4.79 Å². The molecule has 4 N–H and O–H groups in total. The average Bonchev–Trinajstić information content (AvgIpc) is 2.48. The molecular weight excluding hydrogens is 342 g/mol. The summed E-state index contributed by atoms with van der Waals surface area (Å²) in [6.07, 6.45) is 0. The van der Waals surface area contributed by atoms with Gasteiger partial charge in [0.25, 0.3) is 0 Å². The molecule has 2 rings (SSSR count). The molecule has 1 amide bonds. The number of anilines is 1. The third-order valence-corrected chi connectivity index (χ3v) is 4.63. The van der Waals surface area contributed by atoms with Crippen LogP contribution in [0.2, 0.25) is 0 Å². The van der Waals surface area contributed by atoms with Crippen molar-refractivity contribution in [2.45, 2.75) is 16.8 Å². The Morgan fingerprint density at radius 3 is 2.61 bits per heavy atom. The van der Waals surface area contributed by atoms with E-state index in [0.717, 1.165) is 11.8 Å². The van der Waals surface area contributed by atoms with Gasteiger partial charge < -0.3 is 5.32 Å². The first-order valence-corrected chi connectivity index (χ1v) is 8.78. The molecule has 1 aromatic heterocycles. The Labute approximate surface area is 135 Å². The number of hydrogen-bond acceptors (Lipinski definition) is 7. The van der Waals surface area contributed by atoms with E-state index in [0.29, 0.717) is 16.4 Å². The van der Waals surface area contributed by atoms with Crippen molar-refractivity contribution in [1.82, 2.24) is 15.2 Å². The third-order valence-electron chi connectivity index (χ3n) is 2.64. The summed E-state index contributed by atoms with van der Waals surface area (Å²) in [6, 6.07) is 5.45. The minimum atomic E-state index is -3.77. The summed E-state index contributed by atoms with van der Waals surface area (Å²) in [5.41, 5.74) is 0.355. The van der Waals surface area contributed by atoms with E-state index in [1.165, 1.54) is 24.3 Å². The normalized spacial score (nSPS) is 11.2. The van der Waals surface area contributed by atoms with Gasteiger partial charge in [-0.15, -0.1) is 0 Å². The van der Waals surface area contributed by atoms with Gasteiger partial charge in [0, 0.05) is 5.69 Å². The predicted octanol–water partition coefficient (Wildman–Crippen LogP) is -0.148. The van der Waals surface area contributed by atoms with Crippen molar-refractivity contribution in [3.8, 4) is 0 Å². The average molecular weight is 355 g/mol. The molecule has 0 aliphatic heterocycles. The van der Waals surface area contributed by atoms with Crippen LogP contribution in [0.25, 0.3) is 0 Å². The van der Waals surface area contributed by atoms with E-state index in [9.17, 15) is 18.0 Å². The van der Waals surface area contributed by atoms with Crippen molar-refractivity contribution in [2.75, 3.05) is 11.1 Å². The molecule has 9 nitrogen and oxygen atoms in total. The van der Waals surface area contributed by atoms with Crippen molar-refractivity contribution in [1.29, 1.82) is 0 Å². The first-order chi connectivity index (χ1) is 10.8. The molecule has 11 heteroatoms. The van der Waals surface area contributed by atoms with Crippen LogP contribution in [0.15, 0.2) is 39.0 Å². The van der Waals surface area contributed by atoms with Gasteiger partial charge in [0.15, 0.2) is 0 Å². The van der Waals surface area contributed by atoms with Crippen LogP contribution in [0.5, 0.6) is 0 Å². The Morgan fingerprint density at radius 2 is 2.00 bits per heavy atom. The van der Waals surface area contributed by atoms with Gasteiger partial charge in [-0.05, 0) is 31.2 Å². The SMILES string of the molecule is Cc1n[nH]c(=O)nc1SCC(=O)Nc1ccc(S(N)(=O)=O)cc1. The number of hydrogen-bond donors (Lipinski definition) is 3. The molecule has 0 saturated heterocycles. The molecule has 1 aromatic carbocycles. The molecule has 0 aliphatic carbocycles. The third kappa shape index (κ3) is 4.87. The quantitative estimate of drug-likeness (QED) is 0.632. The van der Waals surface area contributed by atoms with E-state index < -0.39 is 15.7 Å². The first-order valence-electron chi connectivity index (χ1n) is 6.24. The number of aromatic amines is 1. The van der Waals surface area contributed by atoms with Gasteiger partial charge in [0.2, 0.25) is 15.9 Å². The van der Waals surface area contributed by atoms with Gasteiger partial charge in [-0.25, -0.2) is 23.4 Å². The Balaban J connectivity index is 1.97. The highest BCUT2D eigenvalue weighted by atomic mass is 32.2. The van der Waals surface area contributed by atoms with Crippen molar-refractivity contribution < 1.29 is 13.2 Å². The zero-order valence-electron chi connectivity index (χ0n) is 11.9. The van der Waals surface area contributed by atoms with E-state index in [1.807, 2.05) is 0 Å². The van der Waals surface area contributed by atoms with Crippen LogP contribution in [0, 0.1) is 6.92 Å². The summed E-state index contributed by atoms with van der Waals surface area (Å²) in [6.45, 7) is 1.66. The van der Waals surface area contributed by atoms with Crippen LogP contribution in [0.1, 0.15) is 5.69 Å². The number of benzene rings is 1. The topological polar surface area (TPSA) is 148 Å². The number of nitrogens with zero attached hydrogens (tertiary/aromatic N) is 2. The fourth-order valence-corrected chi connectivity index (χ4v) is 2.83. The van der Waals surface area contributed by atoms with Crippen molar-refractivity contribution in [3.05, 3.63) is 40.4 Å². The van der Waals surface area contributed by atoms with Crippen LogP contribution in [0.3, 0.4) is 0 Å². The molecule has 0 spiro atoms. The number of carbonyl (C=O) groups is 1. The van der Waals surface area contributed by atoms with Crippen LogP contribution in [0.4, 0.5) is 5.69 Å². The second kappa shape index (κ2) is 6.89. The highest BCUT2D eigenvalue weighted by molar-refractivity contribution is 8.00. The number of thioether (sulfide) groups is 1. The van der Waals surface area contributed by atoms with E-state index in [2.05, 4.69) is 20.5 Å². The highest BCUT2D eigenvalue weighted by Gasteiger charge is 2.10. The van der Waals surface area contributed by atoms with E-state index >= 15 is 0 Å². The van der Waals surface area contributed by atoms with E-state index in [4.69, 9.17) is 5.14 Å². The van der Waals surface area contributed by atoms with E-state index in [1.54, 1.807) is 6.92 Å². The number of carbonyl (C=O) groups excluding carboxylic acids is 1. The lowest BCUT2D eigenvalue weighted by atomic mass is 10.3. The number of amides is 1. The zero-order chi connectivity index (χ0) is 17.0. The van der Waals surface area contributed by atoms with Crippen LogP contribution < -0.4 is 16.1 Å². The number of primary sulfonamides is 1. The number of aryl methyl sites for hydroxylation is 1. The lowest BCUT2D eigenvalue weighted by molar-refractivity contribution is -0.113. The minimum Gasteiger partial charge on any atom is -0.325 e. The van der Waals surface area contributed by atoms with Gasteiger partial charge in [0.1, 0.15) is 5.03 Å². The smallest absolute Gasteiger partial charge is 0.325 e. The fraction of sp³-hybridized carbons (Fsp3) is 0.167. The van der Waals surface area contributed by atoms with Crippen molar-refractivity contribution in [2.24, 2.45) is 5.14 Å². The van der Waals surface area contributed by atoms with Crippen LogP contribution >= 0.6 is 11.8 Å². The first kappa shape index (κ1) is 17.1. The second-order valence-electron chi connectivity index (χ2n) is 4.44. The Hall–Kier alpha value is -2.24. The van der Waals surface area contributed by atoms with Gasteiger partial charge in [-0.2, -0.15) is 10.1 Å². The Bertz CT molecular complexity index is 877. The summed E-state index contributed by atoms with van der Waals surface area (Å²) in [5, 5.41) is 13.9. The Morgan fingerprint density at radius 1 is 1.35 bits per heavy atom. The number of nitrogens with one attached hydrogen (secondary N) is 2. The summed E-state index contributed by atoms with van der Waals surface area (Å²) in [7, 11) is -3.77. The van der Waals surface area contributed by atoms with Crippen molar-refractivity contribution in [3.63, 3.8) is 0 Å². The van der Waals surface area contributed by atoms with Gasteiger partial charge in [0.05, 0.1) is 16.3 Å². The number of nitrogens with two attached hydrogens (primary N) is 1. The highest BCUT2D eigenvalue weighted by Crippen LogP contribution is 2.17. The Kier molecular flexibility index (Phi) is 5.13. The molecule has 0 saturated carbocycles. The summed E-state index contributed by atoms with van der Waals surface area (Å²) in [5.74, 6) is -0.310. The summed E-state index contributed by atoms with van der Waals surface area (Å²) < 4.78 is 22.3. The molecule has 0 unspecified atom stereocenters. The van der Waals surface area contributed by atoms with Crippen molar-refractivity contribution >= 4 is 33.4 Å². The lowest BCUT2D eigenvalue weighted by Gasteiger charge is -2.06. The molecule has 0 aliphatic rings. The standard InChI is InChI=1S/C12H13N5O4S2/c1-7-11(15-12(19)17-16-7)22-6-10(18)14-8-2-4-9(5-3-8)23(13,20)21/h2-5H,6H2,1H3,(H,14,18)(H2,13,20,21)(H,15,17,19). The lowest BCUT2D eigenvalue weighted by Crippen LogP contribution is -2.17. The molecule has 0 fully saturated rings. The molecule has 0 atom stereocenters. The number of sulfonamides is 1. The van der Waals surface area contributed by atoms with Crippen LogP contribution in [-0.2, 0) is 14.8 Å². The second-order valence-corrected chi connectivity index (χ2v) is 6.96. The molecule has 122 valence electrons. The maximum absolute atomic E-state index is 11.9. The molecular formula is C12H13N5O4S2. The van der Waals surface area contributed by atoms with Crippen LogP contribution in [-0.4, -0.2) is 35.3 Å². The minimum absolute atomic E-state index is 0.0237. The monoisotopic (exact) mass is 355 g/mol. The maximum atomic E-state index is 11.9. The molecule has 2 aromatic rings. The molecule has 1 heterocycles. The molecule has 0 bridgehead atoms. The predicted molar refractivity (Wildman–Crippen MR) is 84.6 cm³/mol. The zero-order valence-corrected chi connectivity index (χ0v) is 13.6. The maximum Gasteiger partial charge on any atom is 0.362 e. The summed E-state index contributed by atoms with van der Waals surface area (Å²) >= 11 is 1.07. The van der Waals surface area contributed by atoms with Gasteiger partial charge >= 0.3 is 5.69 Å². The summed E-state index contributed by atoms with van der Waals surface area (Å²) in [4.78, 5) is 26.6. The van der Waals surface area contributed by atoms with E-state index in [-0.39, 0.29) is 16.6 Å². The van der Waals surface area contributed by atoms with Gasteiger partial charge in [-0.1, -0.05) is 11.8 Å². The largest absolute Gasteiger partial charge is 0.362 e. The molecule has 23 heavy (non-hydrogen) atoms. The number of rotatable bonds is 5.